The molecule has 0 N–H and O–H groups in total. The highest BCUT2D eigenvalue weighted by Gasteiger charge is 2.18. The minimum Gasteiger partial charge on any atom is -0.490 e. The number of hydrogen-bond donors (Lipinski definition) is 0. The number of halogens is 3. The Morgan fingerprint density at radius 2 is 1.76 bits per heavy atom. The first kappa shape index (κ1) is 15.3. The zero-order valence-corrected chi connectivity index (χ0v) is 14.8. The first-order valence-corrected chi connectivity index (χ1v) is 8.53. The average molecular weight is 435 g/mol. The van der Waals surface area contributed by atoms with Crippen molar-refractivity contribution in [2.75, 3.05) is 13.2 Å². The van der Waals surface area contributed by atoms with Crippen LogP contribution >= 0.6 is 45.8 Å². The van der Waals surface area contributed by atoms with Gasteiger partial charge in [-0.3, -0.25) is 0 Å². The molecule has 110 valence electrons. The van der Waals surface area contributed by atoms with Gasteiger partial charge in [0.15, 0.2) is 11.5 Å². The molecule has 1 unspecified atom stereocenters. The van der Waals surface area contributed by atoms with Gasteiger partial charge in [-0.25, -0.2) is 0 Å². The van der Waals surface area contributed by atoms with Crippen LogP contribution < -0.4 is 9.47 Å². The minimum absolute atomic E-state index is 0.271. The molecule has 0 bridgehead atoms. The van der Waals surface area contributed by atoms with Gasteiger partial charge in [-0.1, -0.05) is 17.7 Å². The lowest BCUT2D eigenvalue weighted by molar-refractivity contribution is 0.297. The van der Waals surface area contributed by atoms with Crippen LogP contribution in [0.25, 0.3) is 0 Å². The maximum Gasteiger partial charge on any atom is 0.161 e. The van der Waals surface area contributed by atoms with E-state index in [2.05, 4.69) is 22.6 Å². The first-order chi connectivity index (χ1) is 10.1. The molecule has 5 heteroatoms. The smallest absolute Gasteiger partial charge is 0.161 e. The molecule has 0 fully saturated rings. The fourth-order valence-electron chi connectivity index (χ4n) is 2.23. The van der Waals surface area contributed by atoms with Crippen molar-refractivity contribution in [3.05, 3.63) is 56.1 Å². The normalized spacial score (nSPS) is 15.4. The molecule has 0 radical (unpaired) electrons. The van der Waals surface area contributed by atoms with Gasteiger partial charge in [0.2, 0.25) is 0 Å². The van der Waals surface area contributed by atoms with Crippen LogP contribution in [0.4, 0.5) is 0 Å². The number of rotatable bonds is 2. The van der Waals surface area contributed by atoms with Crippen LogP contribution in [-0.4, -0.2) is 13.2 Å². The van der Waals surface area contributed by atoms with Crippen molar-refractivity contribution in [3.8, 4) is 11.5 Å². The van der Waals surface area contributed by atoms with Crippen LogP contribution in [-0.2, 0) is 0 Å². The molecular formula is C16H13Cl2IO2. The Balaban J connectivity index is 1.96. The van der Waals surface area contributed by atoms with Gasteiger partial charge in [-0.05, 0) is 64.0 Å². The minimum atomic E-state index is -0.271. The summed E-state index contributed by atoms with van der Waals surface area (Å²) in [5, 5.41) is 0.415. The van der Waals surface area contributed by atoms with E-state index in [0.717, 1.165) is 32.6 Å². The van der Waals surface area contributed by atoms with Crippen LogP contribution in [0.1, 0.15) is 22.9 Å². The zero-order chi connectivity index (χ0) is 14.8. The van der Waals surface area contributed by atoms with E-state index < -0.39 is 0 Å². The molecule has 21 heavy (non-hydrogen) atoms. The van der Waals surface area contributed by atoms with E-state index in [1.54, 1.807) is 0 Å². The SMILES string of the molecule is Clc1ccc(I)c(C(Cl)c2ccc3c(c2)OCCCO3)c1. The van der Waals surface area contributed by atoms with Crippen molar-refractivity contribution in [2.24, 2.45) is 0 Å². The summed E-state index contributed by atoms with van der Waals surface area (Å²) in [7, 11) is 0. The maximum atomic E-state index is 6.63. The van der Waals surface area contributed by atoms with Crippen molar-refractivity contribution in [1.29, 1.82) is 0 Å². The third kappa shape index (κ3) is 3.41. The van der Waals surface area contributed by atoms with E-state index in [-0.39, 0.29) is 5.38 Å². The van der Waals surface area contributed by atoms with Gasteiger partial charge in [-0.15, -0.1) is 11.6 Å². The predicted molar refractivity (Wildman–Crippen MR) is 93.9 cm³/mol. The van der Waals surface area contributed by atoms with Crippen LogP contribution in [0.15, 0.2) is 36.4 Å². The molecule has 0 saturated heterocycles. The van der Waals surface area contributed by atoms with E-state index in [9.17, 15) is 0 Å². The van der Waals surface area contributed by atoms with Gasteiger partial charge in [0.25, 0.3) is 0 Å². The topological polar surface area (TPSA) is 18.5 Å². The van der Waals surface area contributed by atoms with Crippen LogP contribution in [0.5, 0.6) is 11.5 Å². The number of alkyl halides is 1. The Bertz CT molecular complexity index is 661. The highest BCUT2D eigenvalue weighted by Crippen LogP contribution is 2.38. The Morgan fingerprint density at radius 3 is 2.57 bits per heavy atom. The molecule has 0 saturated carbocycles. The van der Waals surface area contributed by atoms with E-state index in [1.807, 2.05) is 36.4 Å². The quantitative estimate of drug-likeness (QED) is 0.463. The molecule has 3 rings (SSSR count). The van der Waals surface area contributed by atoms with Crippen molar-refractivity contribution >= 4 is 45.8 Å². The zero-order valence-electron chi connectivity index (χ0n) is 11.1. The molecule has 0 aliphatic carbocycles. The monoisotopic (exact) mass is 434 g/mol. The van der Waals surface area contributed by atoms with Crippen LogP contribution in [0, 0.1) is 3.57 Å². The summed E-state index contributed by atoms with van der Waals surface area (Å²) >= 11 is 15.0. The van der Waals surface area contributed by atoms with E-state index in [0.29, 0.717) is 18.2 Å². The molecular weight excluding hydrogens is 422 g/mol. The molecule has 0 aromatic heterocycles. The van der Waals surface area contributed by atoms with Gasteiger partial charge < -0.3 is 9.47 Å². The molecule has 0 amide bonds. The summed E-state index contributed by atoms with van der Waals surface area (Å²) in [6.07, 6.45) is 0.889. The molecule has 1 heterocycles. The fraction of sp³-hybridized carbons (Fsp3) is 0.250. The van der Waals surface area contributed by atoms with E-state index in [1.165, 1.54) is 0 Å². The third-order valence-electron chi connectivity index (χ3n) is 3.30. The summed E-state index contributed by atoms with van der Waals surface area (Å²) in [5.74, 6) is 1.54. The number of hydrogen-bond acceptors (Lipinski definition) is 2. The maximum absolute atomic E-state index is 6.63. The summed E-state index contributed by atoms with van der Waals surface area (Å²) in [4.78, 5) is 0. The highest BCUT2D eigenvalue weighted by atomic mass is 127. The fourth-order valence-corrected chi connectivity index (χ4v) is 3.55. The summed E-state index contributed by atoms with van der Waals surface area (Å²) in [5.41, 5.74) is 1.97. The van der Waals surface area contributed by atoms with Gasteiger partial charge in [0.05, 0.1) is 18.6 Å². The third-order valence-corrected chi connectivity index (χ3v) is 5.00. The lowest BCUT2D eigenvalue weighted by Gasteiger charge is -2.15. The first-order valence-electron chi connectivity index (χ1n) is 6.64. The Labute approximate surface area is 147 Å². The highest BCUT2D eigenvalue weighted by molar-refractivity contribution is 14.1. The summed E-state index contributed by atoms with van der Waals surface area (Å²) in [6, 6.07) is 11.6. The second-order valence-corrected chi connectivity index (χ2v) is 6.82. The average Bonchev–Trinajstić information content (AvgIpc) is 2.73. The van der Waals surface area contributed by atoms with Crippen LogP contribution in [0.3, 0.4) is 0 Å². The predicted octanol–water partition coefficient (Wildman–Crippen LogP) is 5.43. The second kappa shape index (κ2) is 6.63. The number of fused-ring (bicyclic) bond motifs is 1. The Hall–Kier alpha value is -0.650. The van der Waals surface area contributed by atoms with Gasteiger partial charge in [0, 0.05) is 15.0 Å². The summed E-state index contributed by atoms with van der Waals surface area (Å²) < 4.78 is 12.4. The Kier molecular flexibility index (Phi) is 4.82. The number of benzene rings is 2. The molecule has 2 aromatic carbocycles. The molecule has 0 spiro atoms. The van der Waals surface area contributed by atoms with Crippen molar-refractivity contribution in [2.45, 2.75) is 11.8 Å². The lowest BCUT2D eigenvalue weighted by Crippen LogP contribution is -1.99. The lowest BCUT2D eigenvalue weighted by atomic mass is 10.0. The van der Waals surface area contributed by atoms with Crippen molar-refractivity contribution in [3.63, 3.8) is 0 Å². The van der Waals surface area contributed by atoms with Gasteiger partial charge >= 0.3 is 0 Å². The second-order valence-electron chi connectivity index (χ2n) is 4.79. The Morgan fingerprint density at radius 1 is 1.00 bits per heavy atom. The van der Waals surface area contributed by atoms with Gasteiger partial charge in [-0.2, -0.15) is 0 Å². The van der Waals surface area contributed by atoms with E-state index >= 15 is 0 Å². The standard InChI is InChI=1S/C16H13Cl2IO2/c17-11-3-4-13(19)12(9-11)16(18)10-2-5-14-15(8-10)21-7-1-6-20-14/h2-5,8-9,16H,1,6-7H2. The van der Waals surface area contributed by atoms with E-state index in [4.69, 9.17) is 32.7 Å². The molecule has 1 aliphatic rings. The largest absolute Gasteiger partial charge is 0.490 e. The molecule has 1 aliphatic heterocycles. The summed E-state index contributed by atoms with van der Waals surface area (Å²) in [6.45, 7) is 1.35. The number of ether oxygens (including phenoxy) is 2. The molecule has 2 nitrogen and oxygen atoms in total. The van der Waals surface area contributed by atoms with Crippen molar-refractivity contribution < 1.29 is 9.47 Å². The van der Waals surface area contributed by atoms with Crippen LogP contribution in [0.2, 0.25) is 5.02 Å². The van der Waals surface area contributed by atoms with Crippen molar-refractivity contribution in [1.82, 2.24) is 0 Å². The molecule has 1 atom stereocenters. The van der Waals surface area contributed by atoms with Gasteiger partial charge in [0.1, 0.15) is 0 Å². The molecule has 2 aromatic rings.